The summed E-state index contributed by atoms with van der Waals surface area (Å²) in [6.45, 7) is 8.79. The van der Waals surface area contributed by atoms with E-state index in [-0.39, 0.29) is 5.69 Å². The molecule has 0 amide bonds. The SMILES string of the molecule is Cc1c(C=O)nn(C(=O)OC(C)(C)C)c1C. The predicted molar refractivity (Wildman–Crippen MR) is 58.7 cm³/mol. The molecule has 0 aromatic carbocycles. The van der Waals surface area contributed by atoms with E-state index in [1.807, 2.05) is 0 Å². The fourth-order valence-electron chi connectivity index (χ4n) is 1.20. The molecule has 0 radical (unpaired) electrons. The lowest BCUT2D eigenvalue weighted by Gasteiger charge is -2.19. The lowest BCUT2D eigenvalue weighted by atomic mass is 10.2. The lowest BCUT2D eigenvalue weighted by Crippen LogP contribution is -2.28. The van der Waals surface area contributed by atoms with Crippen LogP contribution in [0.2, 0.25) is 0 Å². The van der Waals surface area contributed by atoms with Crippen LogP contribution in [0, 0.1) is 13.8 Å². The van der Waals surface area contributed by atoms with E-state index in [9.17, 15) is 9.59 Å². The molecule has 1 aromatic heterocycles. The van der Waals surface area contributed by atoms with Crippen LogP contribution in [0.1, 0.15) is 42.5 Å². The van der Waals surface area contributed by atoms with Gasteiger partial charge in [-0.3, -0.25) is 4.79 Å². The third-order valence-corrected chi connectivity index (χ3v) is 2.13. The van der Waals surface area contributed by atoms with Crippen LogP contribution in [-0.2, 0) is 4.74 Å². The van der Waals surface area contributed by atoms with Crippen molar-refractivity contribution >= 4 is 12.4 Å². The Bertz CT molecular complexity index is 427. The number of rotatable bonds is 1. The van der Waals surface area contributed by atoms with Crippen LogP contribution in [0.15, 0.2) is 0 Å². The fraction of sp³-hybridized carbons (Fsp3) is 0.545. The zero-order valence-corrected chi connectivity index (χ0v) is 10.2. The normalized spacial score (nSPS) is 11.3. The van der Waals surface area contributed by atoms with Gasteiger partial charge in [0.2, 0.25) is 0 Å². The van der Waals surface area contributed by atoms with Crippen LogP contribution in [0.3, 0.4) is 0 Å². The van der Waals surface area contributed by atoms with Crippen molar-refractivity contribution in [3.8, 4) is 0 Å². The summed E-state index contributed by atoms with van der Waals surface area (Å²) < 4.78 is 6.28. The van der Waals surface area contributed by atoms with Crippen LogP contribution in [-0.4, -0.2) is 27.8 Å². The van der Waals surface area contributed by atoms with E-state index in [1.165, 1.54) is 0 Å². The molecule has 0 saturated heterocycles. The van der Waals surface area contributed by atoms with Crippen molar-refractivity contribution in [1.82, 2.24) is 9.78 Å². The zero-order valence-electron chi connectivity index (χ0n) is 10.2. The topological polar surface area (TPSA) is 61.2 Å². The Morgan fingerprint density at radius 3 is 2.31 bits per heavy atom. The Morgan fingerprint density at radius 1 is 1.38 bits per heavy atom. The minimum absolute atomic E-state index is 0.267. The van der Waals surface area contributed by atoms with E-state index in [0.717, 1.165) is 4.68 Å². The van der Waals surface area contributed by atoms with E-state index in [2.05, 4.69) is 5.10 Å². The number of aromatic nitrogens is 2. The van der Waals surface area contributed by atoms with Crippen molar-refractivity contribution in [3.05, 3.63) is 17.0 Å². The summed E-state index contributed by atoms with van der Waals surface area (Å²) >= 11 is 0. The molecule has 16 heavy (non-hydrogen) atoms. The van der Waals surface area contributed by atoms with Gasteiger partial charge in [-0.25, -0.2) is 4.79 Å². The Kier molecular flexibility index (Phi) is 3.16. The van der Waals surface area contributed by atoms with Crippen molar-refractivity contribution in [2.75, 3.05) is 0 Å². The maximum atomic E-state index is 11.7. The van der Waals surface area contributed by atoms with Gasteiger partial charge in [-0.05, 0) is 34.6 Å². The summed E-state index contributed by atoms with van der Waals surface area (Å²) in [7, 11) is 0. The van der Waals surface area contributed by atoms with Crippen molar-refractivity contribution in [3.63, 3.8) is 0 Å². The van der Waals surface area contributed by atoms with E-state index in [4.69, 9.17) is 4.74 Å². The monoisotopic (exact) mass is 224 g/mol. The molecule has 0 aliphatic heterocycles. The molecule has 1 heterocycles. The quantitative estimate of drug-likeness (QED) is 0.685. The number of carbonyl (C=O) groups is 2. The fourth-order valence-corrected chi connectivity index (χ4v) is 1.20. The second-order valence-electron chi connectivity index (χ2n) is 4.61. The second kappa shape index (κ2) is 4.08. The summed E-state index contributed by atoms with van der Waals surface area (Å²) in [5.74, 6) is 0. The highest BCUT2D eigenvalue weighted by Gasteiger charge is 2.21. The number of hydrogen-bond donors (Lipinski definition) is 0. The summed E-state index contributed by atoms with van der Waals surface area (Å²) in [5, 5.41) is 3.89. The molecule has 5 heteroatoms. The predicted octanol–water partition coefficient (Wildman–Crippen LogP) is 2.10. The molecule has 0 saturated carbocycles. The van der Waals surface area contributed by atoms with Gasteiger partial charge in [0.05, 0.1) is 5.69 Å². The molecular weight excluding hydrogens is 208 g/mol. The molecule has 0 aliphatic rings. The highest BCUT2D eigenvalue weighted by atomic mass is 16.6. The molecule has 0 N–H and O–H groups in total. The van der Waals surface area contributed by atoms with Gasteiger partial charge in [0.25, 0.3) is 0 Å². The number of carbonyl (C=O) groups excluding carboxylic acids is 2. The van der Waals surface area contributed by atoms with Crippen LogP contribution < -0.4 is 0 Å². The largest absolute Gasteiger partial charge is 0.442 e. The van der Waals surface area contributed by atoms with Crippen molar-refractivity contribution < 1.29 is 14.3 Å². The van der Waals surface area contributed by atoms with Crippen LogP contribution in [0.5, 0.6) is 0 Å². The van der Waals surface area contributed by atoms with E-state index in [1.54, 1.807) is 34.6 Å². The molecule has 0 spiro atoms. The summed E-state index contributed by atoms with van der Waals surface area (Å²) in [6, 6.07) is 0. The first-order chi connectivity index (χ1) is 7.26. The summed E-state index contributed by atoms with van der Waals surface area (Å²) in [5.41, 5.74) is 1.01. The molecule has 0 aliphatic carbocycles. The Labute approximate surface area is 94.4 Å². The average Bonchev–Trinajstić information content (AvgIpc) is 2.41. The first-order valence-corrected chi connectivity index (χ1v) is 5.01. The first-order valence-electron chi connectivity index (χ1n) is 5.01. The van der Waals surface area contributed by atoms with Crippen LogP contribution in [0.4, 0.5) is 4.79 Å². The number of ether oxygens (including phenoxy) is 1. The number of hydrogen-bond acceptors (Lipinski definition) is 4. The highest BCUT2D eigenvalue weighted by molar-refractivity contribution is 5.78. The van der Waals surface area contributed by atoms with Gasteiger partial charge in [-0.15, -0.1) is 0 Å². The third kappa shape index (κ3) is 2.48. The van der Waals surface area contributed by atoms with Gasteiger partial charge in [-0.2, -0.15) is 9.78 Å². The van der Waals surface area contributed by atoms with Crippen LogP contribution in [0.25, 0.3) is 0 Å². The minimum atomic E-state index is -0.579. The molecule has 0 bridgehead atoms. The molecule has 0 fully saturated rings. The molecule has 0 atom stereocenters. The Balaban J connectivity index is 3.05. The maximum absolute atomic E-state index is 11.7. The van der Waals surface area contributed by atoms with Gasteiger partial charge >= 0.3 is 6.09 Å². The van der Waals surface area contributed by atoms with Gasteiger partial charge in [-0.1, -0.05) is 0 Å². The molecule has 88 valence electrons. The van der Waals surface area contributed by atoms with Gasteiger partial charge in [0, 0.05) is 5.56 Å². The molecular formula is C11H16N2O3. The number of nitrogens with zero attached hydrogens (tertiary/aromatic N) is 2. The minimum Gasteiger partial charge on any atom is -0.442 e. The van der Waals surface area contributed by atoms with Gasteiger partial charge < -0.3 is 4.74 Å². The third-order valence-electron chi connectivity index (χ3n) is 2.13. The van der Waals surface area contributed by atoms with E-state index < -0.39 is 11.7 Å². The zero-order chi connectivity index (χ0) is 12.5. The van der Waals surface area contributed by atoms with Crippen molar-refractivity contribution in [1.29, 1.82) is 0 Å². The molecule has 1 aromatic rings. The molecule has 5 nitrogen and oxygen atoms in total. The summed E-state index contributed by atoms with van der Waals surface area (Å²) in [6.07, 6.45) is 0.0598. The van der Waals surface area contributed by atoms with E-state index in [0.29, 0.717) is 17.5 Å². The van der Waals surface area contributed by atoms with Gasteiger partial charge in [0.15, 0.2) is 6.29 Å². The van der Waals surface area contributed by atoms with Gasteiger partial charge in [0.1, 0.15) is 11.3 Å². The average molecular weight is 224 g/mol. The molecule has 0 unspecified atom stereocenters. The Hall–Kier alpha value is -1.65. The maximum Gasteiger partial charge on any atom is 0.435 e. The smallest absolute Gasteiger partial charge is 0.435 e. The van der Waals surface area contributed by atoms with Crippen LogP contribution >= 0.6 is 0 Å². The lowest BCUT2D eigenvalue weighted by molar-refractivity contribution is 0.0511. The first kappa shape index (κ1) is 12.4. The standard InChI is InChI=1S/C11H16N2O3/c1-7-8(2)13(12-9(7)6-14)10(15)16-11(3,4)5/h6H,1-5H3. The second-order valence-corrected chi connectivity index (χ2v) is 4.61. The number of aldehydes is 1. The molecule has 1 rings (SSSR count). The van der Waals surface area contributed by atoms with Crippen molar-refractivity contribution in [2.24, 2.45) is 0 Å². The highest BCUT2D eigenvalue weighted by Crippen LogP contribution is 2.14. The summed E-state index contributed by atoms with van der Waals surface area (Å²) in [4.78, 5) is 22.4. The van der Waals surface area contributed by atoms with E-state index >= 15 is 0 Å². The Morgan fingerprint density at radius 2 is 1.94 bits per heavy atom. The van der Waals surface area contributed by atoms with Crippen molar-refractivity contribution in [2.45, 2.75) is 40.2 Å².